The summed E-state index contributed by atoms with van der Waals surface area (Å²) in [6, 6.07) is 14.8. The molecule has 10 heteroatoms. The summed E-state index contributed by atoms with van der Waals surface area (Å²) in [5.41, 5.74) is 5.47. The molecule has 0 aliphatic carbocycles. The number of fused-ring (bicyclic) bond motifs is 2. The van der Waals surface area contributed by atoms with Gasteiger partial charge in [0.2, 0.25) is 0 Å². The van der Waals surface area contributed by atoms with Gasteiger partial charge < -0.3 is 5.11 Å². The molecule has 38 heavy (non-hydrogen) atoms. The lowest BCUT2D eigenvalue weighted by Crippen LogP contribution is -2.20. The molecule has 0 radical (unpaired) electrons. The molecule has 0 fully saturated rings. The predicted octanol–water partition coefficient (Wildman–Crippen LogP) is 5.65. The highest BCUT2D eigenvalue weighted by atomic mass is 35.5. The van der Waals surface area contributed by atoms with Gasteiger partial charge in [-0.3, -0.25) is 18.8 Å². The zero-order valence-electron chi connectivity index (χ0n) is 20.3. The maximum Gasteiger partial charge on any atom is 0.307 e. The second kappa shape index (κ2) is 9.20. The summed E-state index contributed by atoms with van der Waals surface area (Å²) in [4.78, 5) is 34.5. The van der Waals surface area contributed by atoms with E-state index in [2.05, 4.69) is 10.1 Å². The molecule has 0 amide bonds. The van der Waals surface area contributed by atoms with Crippen LogP contribution in [0.2, 0.25) is 5.02 Å². The summed E-state index contributed by atoms with van der Waals surface area (Å²) in [6.45, 7) is 1.88. The molecule has 1 N–H and O–H groups in total. The van der Waals surface area contributed by atoms with Gasteiger partial charge in [-0.2, -0.15) is 5.10 Å². The molecule has 0 spiro atoms. The van der Waals surface area contributed by atoms with E-state index in [9.17, 15) is 14.7 Å². The van der Waals surface area contributed by atoms with E-state index in [1.165, 1.54) is 15.9 Å². The number of halogens is 1. The lowest BCUT2D eigenvalue weighted by molar-refractivity contribution is -0.136. The summed E-state index contributed by atoms with van der Waals surface area (Å²) >= 11 is 7.46. The summed E-state index contributed by atoms with van der Waals surface area (Å²) in [5, 5.41) is 15.9. The van der Waals surface area contributed by atoms with Crippen LogP contribution >= 0.6 is 22.9 Å². The maximum atomic E-state index is 13.6. The minimum atomic E-state index is -0.923. The van der Waals surface area contributed by atoms with Crippen molar-refractivity contribution in [2.45, 2.75) is 13.3 Å². The van der Waals surface area contributed by atoms with Crippen molar-refractivity contribution in [2.24, 2.45) is 7.05 Å². The monoisotopic (exact) mass is 541 g/mol. The number of hydrogen-bond donors (Lipinski definition) is 1. The Morgan fingerprint density at radius 3 is 2.63 bits per heavy atom. The molecule has 0 aliphatic heterocycles. The third-order valence-electron chi connectivity index (χ3n) is 6.53. The highest BCUT2D eigenvalue weighted by Gasteiger charge is 2.20. The molecule has 188 valence electrons. The second-order valence-electron chi connectivity index (χ2n) is 8.96. The quantitative estimate of drug-likeness (QED) is 0.302. The molecule has 0 atom stereocenters. The highest BCUT2D eigenvalue weighted by molar-refractivity contribution is 7.21. The van der Waals surface area contributed by atoms with Gasteiger partial charge in [0.05, 0.1) is 28.4 Å². The number of aromatic nitrogens is 5. The summed E-state index contributed by atoms with van der Waals surface area (Å²) in [7, 11) is 1.87. The van der Waals surface area contributed by atoms with Crippen molar-refractivity contribution in [1.29, 1.82) is 0 Å². The molecule has 0 saturated carbocycles. The summed E-state index contributed by atoms with van der Waals surface area (Å²) < 4.78 is 4.06. The van der Waals surface area contributed by atoms with E-state index in [4.69, 9.17) is 16.6 Å². The minimum Gasteiger partial charge on any atom is -0.481 e. The van der Waals surface area contributed by atoms with Crippen LogP contribution < -0.4 is 5.56 Å². The molecule has 3 aromatic heterocycles. The zero-order valence-corrected chi connectivity index (χ0v) is 21.9. The molecule has 0 unspecified atom stereocenters. The topological polar surface area (TPSA) is 103 Å². The van der Waals surface area contributed by atoms with E-state index >= 15 is 0 Å². The van der Waals surface area contributed by atoms with Crippen LogP contribution in [0.4, 0.5) is 0 Å². The number of hydrogen-bond acceptors (Lipinski definition) is 6. The number of carboxylic acid groups (broad SMARTS) is 1. The average molecular weight is 542 g/mol. The number of thiazole rings is 1. The number of carbonyl (C=O) groups is 1. The number of carboxylic acids is 1. The van der Waals surface area contributed by atoms with Crippen LogP contribution in [0.15, 0.2) is 71.9 Å². The fourth-order valence-electron chi connectivity index (χ4n) is 4.70. The Labute approximate surface area is 225 Å². The SMILES string of the molecule is Cc1cc2nc(-n3ccnc(-c4ccc5c(cnn5C)c4)c3=O)sc2c(-c2ccc(Cl)cc2)c1CC(=O)O. The molecule has 3 heterocycles. The van der Waals surface area contributed by atoms with Gasteiger partial charge >= 0.3 is 5.97 Å². The van der Waals surface area contributed by atoms with E-state index in [0.717, 1.165) is 32.3 Å². The van der Waals surface area contributed by atoms with Gasteiger partial charge in [0, 0.05) is 41.0 Å². The molecule has 0 saturated heterocycles. The first-order valence-corrected chi connectivity index (χ1v) is 12.9. The lowest BCUT2D eigenvalue weighted by atomic mass is 9.93. The highest BCUT2D eigenvalue weighted by Crippen LogP contribution is 2.39. The first kappa shape index (κ1) is 24.0. The molecular formula is C28H20ClN5O3S. The Balaban J connectivity index is 1.54. The fraction of sp³-hybridized carbons (Fsp3) is 0.107. The van der Waals surface area contributed by atoms with E-state index in [1.54, 1.807) is 35.4 Å². The van der Waals surface area contributed by atoms with Crippen molar-refractivity contribution in [3.63, 3.8) is 0 Å². The second-order valence-corrected chi connectivity index (χ2v) is 10.4. The number of benzene rings is 3. The first-order valence-electron chi connectivity index (χ1n) is 11.7. The molecule has 0 bridgehead atoms. The Bertz CT molecular complexity index is 1940. The van der Waals surface area contributed by atoms with E-state index in [0.29, 0.717) is 32.5 Å². The minimum absolute atomic E-state index is 0.136. The van der Waals surface area contributed by atoms with Crippen LogP contribution in [0.1, 0.15) is 11.1 Å². The van der Waals surface area contributed by atoms with Crippen molar-refractivity contribution in [1.82, 2.24) is 24.3 Å². The van der Waals surface area contributed by atoms with Crippen LogP contribution in [0.25, 0.3) is 48.6 Å². The zero-order chi connectivity index (χ0) is 26.6. The predicted molar refractivity (Wildman–Crippen MR) is 149 cm³/mol. The first-order chi connectivity index (χ1) is 18.3. The van der Waals surface area contributed by atoms with Gasteiger partial charge in [-0.15, -0.1) is 0 Å². The van der Waals surface area contributed by atoms with Gasteiger partial charge in [0.25, 0.3) is 5.56 Å². The van der Waals surface area contributed by atoms with Crippen LogP contribution in [0.3, 0.4) is 0 Å². The average Bonchev–Trinajstić information content (AvgIpc) is 3.48. The van der Waals surface area contributed by atoms with Crippen LogP contribution in [-0.4, -0.2) is 35.4 Å². The van der Waals surface area contributed by atoms with Crippen molar-refractivity contribution in [2.75, 3.05) is 0 Å². The summed E-state index contributed by atoms with van der Waals surface area (Å²) in [5.74, 6) is -0.923. The third kappa shape index (κ3) is 4.06. The smallest absolute Gasteiger partial charge is 0.307 e. The molecular weight excluding hydrogens is 522 g/mol. The van der Waals surface area contributed by atoms with Gasteiger partial charge in [0.1, 0.15) is 5.69 Å². The van der Waals surface area contributed by atoms with Crippen molar-refractivity contribution >= 4 is 50.0 Å². The number of nitrogens with zero attached hydrogens (tertiary/aromatic N) is 5. The number of aliphatic carboxylic acids is 1. The third-order valence-corrected chi connectivity index (χ3v) is 7.87. The molecule has 8 nitrogen and oxygen atoms in total. The van der Waals surface area contributed by atoms with E-state index in [-0.39, 0.29) is 12.0 Å². The van der Waals surface area contributed by atoms with Crippen molar-refractivity contribution in [3.05, 3.63) is 93.6 Å². The van der Waals surface area contributed by atoms with Gasteiger partial charge in [0.15, 0.2) is 5.13 Å². The van der Waals surface area contributed by atoms with Crippen molar-refractivity contribution < 1.29 is 9.90 Å². The van der Waals surface area contributed by atoms with Gasteiger partial charge in [-0.1, -0.05) is 41.1 Å². The number of rotatable bonds is 5. The Morgan fingerprint density at radius 2 is 1.87 bits per heavy atom. The summed E-state index contributed by atoms with van der Waals surface area (Å²) in [6.07, 6.45) is 4.79. The molecule has 6 aromatic rings. The molecule has 0 aliphatic rings. The normalized spacial score (nSPS) is 11.4. The number of aryl methyl sites for hydroxylation is 2. The van der Waals surface area contributed by atoms with Crippen molar-refractivity contribution in [3.8, 4) is 27.5 Å². The van der Waals surface area contributed by atoms with Crippen LogP contribution in [0.5, 0.6) is 0 Å². The Hall–Kier alpha value is -4.34. The van der Waals surface area contributed by atoms with Crippen LogP contribution in [-0.2, 0) is 18.3 Å². The standard InChI is InChI=1S/C28H20ClN5O3S/c1-15-11-21-26(24(20(15)13-23(35)36)16-3-6-19(29)7-4-16)38-28(32-21)34-10-9-30-25(27(34)37)17-5-8-22-18(12-17)14-31-33(22)2/h3-12,14H,13H2,1-2H3,(H,35,36). The van der Waals surface area contributed by atoms with Gasteiger partial charge in [-0.05, 0) is 53.9 Å². The van der Waals surface area contributed by atoms with Crippen LogP contribution in [0, 0.1) is 6.92 Å². The maximum absolute atomic E-state index is 13.6. The lowest BCUT2D eigenvalue weighted by Gasteiger charge is -2.13. The Kier molecular flexibility index (Phi) is 5.81. The fourth-order valence-corrected chi connectivity index (χ4v) is 5.95. The van der Waals surface area contributed by atoms with Gasteiger partial charge in [-0.25, -0.2) is 9.97 Å². The van der Waals surface area contributed by atoms with E-state index < -0.39 is 5.97 Å². The van der Waals surface area contributed by atoms with E-state index in [1.807, 2.05) is 50.4 Å². The molecule has 3 aromatic carbocycles. The molecule has 6 rings (SSSR count). The Morgan fingerprint density at radius 1 is 1.11 bits per heavy atom. The largest absolute Gasteiger partial charge is 0.481 e.